The average Bonchev–Trinajstić information content (AvgIpc) is 2.65. The van der Waals surface area contributed by atoms with Crippen LogP contribution in [0.15, 0.2) is 17.1 Å². The Hall–Kier alpha value is -1.90. The standard InChI is InChI=1S/C18H26FN3O4/c1-3-20-18(22-4-5-25-16(9-22)11-23-2)21-8-13-6-15(19)7-14-10-24-12-26-17(13)14/h6-7,16H,3-5,8-12H2,1-2H3,(H,20,21). The summed E-state index contributed by atoms with van der Waals surface area (Å²) in [5.41, 5.74) is 1.44. The molecule has 0 bridgehead atoms. The Morgan fingerprint density at radius 3 is 3.15 bits per heavy atom. The van der Waals surface area contributed by atoms with Gasteiger partial charge in [-0.1, -0.05) is 0 Å². The molecule has 1 aromatic rings. The van der Waals surface area contributed by atoms with Crippen molar-refractivity contribution in [2.24, 2.45) is 4.99 Å². The normalized spacial score (nSPS) is 20.5. The molecule has 0 saturated carbocycles. The van der Waals surface area contributed by atoms with E-state index in [2.05, 4.69) is 10.2 Å². The van der Waals surface area contributed by atoms with Gasteiger partial charge in [0.25, 0.3) is 0 Å². The van der Waals surface area contributed by atoms with Crippen LogP contribution in [0, 0.1) is 5.82 Å². The van der Waals surface area contributed by atoms with Crippen LogP contribution >= 0.6 is 0 Å². The van der Waals surface area contributed by atoms with E-state index in [0.29, 0.717) is 38.7 Å². The molecule has 2 heterocycles. The van der Waals surface area contributed by atoms with Crippen molar-refractivity contribution in [1.82, 2.24) is 10.2 Å². The van der Waals surface area contributed by atoms with Crippen LogP contribution in [0.2, 0.25) is 0 Å². The molecule has 1 unspecified atom stereocenters. The number of halogens is 1. The number of ether oxygens (including phenoxy) is 4. The van der Waals surface area contributed by atoms with E-state index in [1.807, 2.05) is 6.92 Å². The minimum Gasteiger partial charge on any atom is -0.467 e. The number of nitrogens with zero attached hydrogens (tertiary/aromatic N) is 2. The quantitative estimate of drug-likeness (QED) is 0.629. The third-order valence-electron chi connectivity index (χ3n) is 4.28. The van der Waals surface area contributed by atoms with Crippen molar-refractivity contribution in [3.63, 3.8) is 0 Å². The van der Waals surface area contributed by atoms with Gasteiger partial charge < -0.3 is 29.2 Å². The maximum absolute atomic E-state index is 13.9. The van der Waals surface area contributed by atoms with Gasteiger partial charge in [-0.05, 0) is 19.1 Å². The fraction of sp³-hybridized carbons (Fsp3) is 0.611. The molecule has 0 amide bonds. The number of morpholine rings is 1. The molecule has 2 aliphatic rings. The van der Waals surface area contributed by atoms with E-state index in [-0.39, 0.29) is 18.7 Å². The lowest BCUT2D eigenvalue weighted by atomic mass is 10.1. The predicted molar refractivity (Wildman–Crippen MR) is 94.7 cm³/mol. The summed E-state index contributed by atoms with van der Waals surface area (Å²) >= 11 is 0. The third-order valence-corrected chi connectivity index (χ3v) is 4.28. The average molecular weight is 367 g/mol. The van der Waals surface area contributed by atoms with E-state index in [9.17, 15) is 4.39 Å². The van der Waals surface area contributed by atoms with Crippen LogP contribution in [0.5, 0.6) is 5.75 Å². The molecule has 1 saturated heterocycles. The molecule has 1 atom stereocenters. The fourth-order valence-corrected chi connectivity index (χ4v) is 3.16. The topological polar surface area (TPSA) is 64.6 Å². The summed E-state index contributed by atoms with van der Waals surface area (Å²) in [5.74, 6) is 1.15. The van der Waals surface area contributed by atoms with Gasteiger partial charge in [0.05, 0.1) is 32.5 Å². The second kappa shape index (κ2) is 9.16. The summed E-state index contributed by atoms with van der Waals surface area (Å²) in [6.45, 7) is 6.24. The van der Waals surface area contributed by atoms with Crippen LogP contribution in [-0.2, 0) is 27.4 Å². The monoisotopic (exact) mass is 367 g/mol. The third kappa shape index (κ3) is 4.63. The lowest BCUT2D eigenvalue weighted by molar-refractivity contribution is -0.0447. The molecule has 2 aliphatic heterocycles. The van der Waals surface area contributed by atoms with Crippen LogP contribution in [0.4, 0.5) is 4.39 Å². The first kappa shape index (κ1) is 18.9. The van der Waals surface area contributed by atoms with Crippen molar-refractivity contribution < 1.29 is 23.3 Å². The van der Waals surface area contributed by atoms with Gasteiger partial charge in [-0.25, -0.2) is 9.38 Å². The number of guanidine groups is 1. The molecule has 8 heteroatoms. The number of nitrogens with one attached hydrogen (secondary N) is 1. The minimum absolute atomic E-state index is 0.0139. The maximum Gasteiger partial charge on any atom is 0.194 e. The number of methoxy groups -OCH3 is 1. The number of aliphatic imine (C=N–C) groups is 1. The van der Waals surface area contributed by atoms with Gasteiger partial charge in [0, 0.05) is 37.9 Å². The molecule has 1 aromatic carbocycles. The zero-order valence-corrected chi connectivity index (χ0v) is 15.3. The summed E-state index contributed by atoms with van der Waals surface area (Å²) in [7, 11) is 1.67. The molecule has 1 N–H and O–H groups in total. The van der Waals surface area contributed by atoms with Crippen LogP contribution in [0.1, 0.15) is 18.1 Å². The summed E-state index contributed by atoms with van der Waals surface area (Å²) in [6, 6.07) is 2.93. The van der Waals surface area contributed by atoms with Gasteiger partial charge in [0.2, 0.25) is 0 Å². The van der Waals surface area contributed by atoms with E-state index >= 15 is 0 Å². The van der Waals surface area contributed by atoms with Gasteiger partial charge in [-0.15, -0.1) is 0 Å². The summed E-state index contributed by atoms with van der Waals surface area (Å²) < 4.78 is 35.6. The Labute approximate surface area is 153 Å². The lowest BCUT2D eigenvalue weighted by Crippen LogP contribution is -2.51. The molecule has 0 spiro atoms. The Morgan fingerprint density at radius 2 is 2.35 bits per heavy atom. The Morgan fingerprint density at radius 1 is 1.46 bits per heavy atom. The Bertz CT molecular complexity index is 639. The van der Waals surface area contributed by atoms with Crippen molar-refractivity contribution >= 4 is 5.96 Å². The number of benzene rings is 1. The van der Waals surface area contributed by atoms with Crippen LogP contribution in [0.3, 0.4) is 0 Å². The van der Waals surface area contributed by atoms with Gasteiger partial charge in [-0.2, -0.15) is 0 Å². The lowest BCUT2D eigenvalue weighted by Gasteiger charge is -2.34. The second-order valence-corrected chi connectivity index (χ2v) is 6.23. The molecule has 1 fully saturated rings. The Balaban J connectivity index is 1.76. The number of rotatable bonds is 5. The van der Waals surface area contributed by atoms with E-state index in [1.165, 1.54) is 12.1 Å². The van der Waals surface area contributed by atoms with Crippen LogP contribution in [-0.4, -0.2) is 63.7 Å². The number of hydrogen-bond donors (Lipinski definition) is 1. The molecular formula is C18H26FN3O4. The molecular weight excluding hydrogens is 341 g/mol. The van der Waals surface area contributed by atoms with Crippen molar-refractivity contribution in [2.45, 2.75) is 26.2 Å². The van der Waals surface area contributed by atoms with E-state index in [0.717, 1.165) is 30.2 Å². The van der Waals surface area contributed by atoms with Crippen molar-refractivity contribution in [3.8, 4) is 5.75 Å². The molecule has 0 radical (unpaired) electrons. The highest BCUT2D eigenvalue weighted by atomic mass is 19.1. The van der Waals surface area contributed by atoms with Crippen LogP contribution in [0.25, 0.3) is 0 Å². The molecule has 0 aromatic heterocycles. The highest BCUT2D eigenvalue weighted by molar-refractivity contribution is 5.80. The van der Waals surface area contributed by atoms with E-state index in [4.69, 9.17) is 23.9 Å². The fourth-order valence-electron chi connectivity index (χ4n) is 3.16. The number of fused-ring (bicyclic) bond motifs is 1. The highest BCUT2D eigenvalue weighted by Crippen LogP contribution is 2.30. The summed E-state index contributed by atoms with van der Waals surface area (Å²) in [6.07, 6.45) is 0.0139. The number of hydrogen-bond acceptors (Lipinski definition) is 5. The molecule has 144 valence electrons. The van der Waals surface area contributed by atoms with Gasteiger partial charge >= 0.3 is 0 Å². The molecule has 3 rings (SSSR count). The van der Waals surface area contributed by atoms with Crippen molar-refractivity contribution in [3.05, 3.63) is 29.1 Å². The highest BCUT2D eigenvalue weighted by Gasteiger charge is 2.23. The summed E-state index contributed by atoms with van der Waals surface area (Å²) in [5, 5.41) is 3.30. The Kier molecular flexibility index (Phi) is 6.65. The van der Waals surface area contributed by atoms with E-state index in [1.54, 1.807) is 7.11 Å². The first-order chi connectivity index (χ1) is 12.7. The van der Waals surface area contributed by atoms with Crippen molar-refractivity contribution in [2.75, 3.05) is 46.8 Å². The van der Waals surface area contributed by atoms with Crippen LogP contribution < -0.4 is 10.1 Å². The van der Waals surface area contributed by atoms with Gasteiger partial charge in [0.15, 0.2) is 12.8 Å². The zero-order chi connectivity index (χ0) is 18.4. The largest absolute Gasteiger partial charge is 0.467 e. The second-order valence-electron chi connectivity index (χ2n) is 6.23. The minimum atomic E-state index is -0.306. The summed E-state index contributed by atoms with van der Waals surface area (Å²) in [4.78, 5) is 6.84. The molecule has 26 heavy (non-hydrogen) atoms. The molecule has 0 aliphatic carbocycles. The van der Waals surface area contributed by atoms with Crippen molar-refractivity contribution in [1.29, 1.82) is 0 Å². The first-order valence-corrected chi connectivity index (χ1v) is 8.87. The molecule has 7 nitrogen and oxygen atoms in total. The SMILES string of the molecule is CCNC(=NCc1cc(F)cc2c1OCOC2)N1CCOC(COC)C1. The zero-order valence-electron chi connectivity index (χ0n) is 15.3. The smallest absolute Gasteiger partial charge is 0.194 e. The van der Waals surface area contributed by atoms with Gasteiger partial charge in [0.1, 0.15) is 11.6 Å². The van der Waals surface area contributed by atoms with Gasteiger partial charge in [-0.3, -0.25) is 0 Å². The first-order valence-electron chi connectivity index (χ1n) is 8.87. The maximum atomic E-state index is 13.9. The predicted octanol–water partition coefficient (Wildman–Crippen LogP) is 1.50. The van der Waals surface area contributed by atoms with E-state index < -0.39 is 0 Å².